The smallest absolute Gasteiger partial charge is 0.135 e. The molecule has 1 atom stereocenters. The zero-order chi connectivity index (χ0) is 18.9. The maximum absolute atomic E-state index is 9.62. The van der Waals surface area contributed by atoms with Gasteiger partial charge in [-0.2, -0.15) is 0 Å². The van der Waals surface area contributed by atoms with E-state index in [9.17, 15) is 5.11 Å². The van der Waals surface area contributed by atoms with Gasteiger partial charge in [-0.3, -0.25) is 0 Å². The molecule has 26 heavy (non-hydrogen) atoms. The second-order valence-electron chi connectivity index (χ2n) is 8.18. The highest BCUT2D eigenvalue weighted by Crippen LogP contribution is 2.34. The summed E-state index contributed by atoms with van der Waals surface area (Å²) < 4.78 is 0. The average molecular weight is 354 g/mol. The van der Waals surface area contributed by atoms with Crippen molar-refractivity contribution in [2.75, 3.05) is 16.8 Å². The number of hydrogen-bond donors (Lipinski definition) is 2. The van der Waals surface area contributed by atoms with Gasteiger partial charge < -0.3 is 15.3 Å². The molecule has 2 aromatic rings. The van der Waals surface area contributed by atoms with Gasteiger partial charge in [0.05, 0.1) is 12.6 Å². The summed E-state index contributed by atoms with van der Waals surface area (Å²) in [5.41, 5.74) is 2.74. The predicted molar refractivity (Wildman–Crippen MR) is 107 cm³/mol. The highest BCUT2D eigenvalue weighted by atomic mass is 16.3. The van der Waals surface area contributed by atoms with Crippen LogP contribution in [0.4, 0.5) is 11.6 Å². The van der Waals surface area contributed by atoms with E-state index in [1.54, 1.807) is 0 Å². The van der Waals surface area contributed by atoms with E-state index in [0.29, 0.717) is 5.92 Å². The Labute approximate surface area is 156 Å². The van der Waals surface area contributed by atoms with Gasteiger partial charge >= 0.3 is 0 Å². The van der Waals surface area contributed by atoms with Crippen molar-refractivity contribution in [3.05, 3.63) is 47.3 Å². The second-order valence-corrected chi connectivity index (χ2v) is 8.18. The molecule has 5 nitrogen and oxygen atoms in total. The van der Waals surface area contributed by atoms with Gasteiger partial charge in [-0.15, -0.1) is 0 Å². The van der Waals surface area contributed by atoms with Crippen LogP contribution >= 0.6 is 0 Å². The number of benzene rings is 1. The van der Waals surface area contributed by atoms with Gasteiger partial charge in [0, 0.05) is 18.2 Å². The van der Waals surface area contributed by atoms with Crippen LogP contribution in [-0.2, 0) is 13.0 Å². The van der Waals surface area contributed by atoms with Gasteiger partial charge in [0.25, 0.3) is 0 Å². The summed E-state index contributed by atoms with van der Waals surface area (Å²) in [6, 6.07) is 10.6. The summed E-state index contributed by atoms with van der Waals surface area (Å²) in [5, 5.41) is 13.0. The molecule has 0 amide bonds. The zero-order valence-electron chi connectivity index (χ0n) is 16.5. The molecule has 2 heterocycles. The van der Waals surface area contributed by atoms with Crippen LogP contribution in [0.1, 0.15) is 44.6 Å². The van der Waals surface area contributed by atoms with Gasteiger partial charge in [0.15, 0.2) is 0 Å². The van der Waals surface area contributed by atoms with Crippen LogP contribution in [-0.4, -0.2) is 33.3 Å². The minimum Gasteiger partial charge on any atom is -0.394 e. The van der Waals surface area contributed by atoms with Crippen molar-refractivity contribution in [2.24, 2.45) is 5.92 Å². The molecule has 0 bridgehead atoms. The molecule has 0 unspecified atom stereocenters. The van der Waals surface area contributed by atoms with E-state index in [-0.39, 0.29) is 18.2 Å². The lowest BCUT2D eigenvalue weighted by Crippen LogP contribution is -2.49. The van der Waals surface area contributed by atoms with Crippen LogP contribution in [0.25, 0.3) is 0 Å². The number of nitrogens with zero attached hydrogens (tertiary/aromatic N) is 3. The number of rotatable bonds is 5. The minimum absolute atomic E-state index is 0.0211. The molecule has 0 spiro atoms. The number of aromatic nitrogens is 2. The van der Waals surface area contributed by atoms with Gasteiger partial charge in [0.2, 0.25) is 0 Å². The van der Waals surface area contributed by atoms with Gasteiger partial charge in [0.1, 0.15) is 17.5 Å². The molecule has 0 aliphatic carbocycles. The largest absolute Gasteiger partial charge is 0.394 e. The molecule has 0 fully saturated rings. The molecule has 3 rings (SSSR count). The first-order valence-electron chi connectivity index (χ1n) is 9.37. The summed E-state index contributed by atoms with van der Waals surface area (Å²) in [6.07, 6.45) is 0.986. The lowest BCUT2D eigenvalue weighted by Gasteiger charge is -2.44. The van der Waals surface area contributed by atoms with Crippen LogP contribution in [0.3, 0.4) is 0 Å². The molecule has 0 saturated carbocycles. The first-order chi connectivity index (χ1) is 12.3. The molecule has 0 saturated heterocycles. The fourth-order valence-corrected chi connectivity index (χ4v) is 3.60. The average Bonchev–Trinajstić information content (AvgIpc) is 2.57. The monoisotopic (exact) mass is 354 g/mol. The first-order valence-corrected chi connectivity index (χ1v) is 9.37. The van der Waals surface area contributed by atoms with E-state index in [1.807, 2.05) is 13.0 Å². The normalized spacial score (nSPS) is 17.1. The van der Waals surface area contributed by atoms with Crippen molar-refractivity contribution < 1.29 is 5.11 Å². The number of hydrogen-bond acceptors (Lipinski definition) is 5. The maximum atomic E-state index is 9.62. The fraction of sp³-hybridized carbons (Fsp3) is 0.524. The molecular formula is C21H30N4O. The summed E-state index contributed by atoms with van der Waals surface area (Å²) in [5.74, 6) is 2.76. The maximum Gasteiger partial charge on any atom is 0.135 e. The van der Waals surface area contributed by atoms with E-state index in [2.05, 4.69) is 67.2 Å². The topological polar surface area (TPSA) is 61.3 Å². The fourth-order valence-electron chi connectivity index (χ4n) is 3.60. The van der Waals surface area contributed by atoms with Gasteiger partial charge in [-0.05, 0) is 44.2 Å². The highest BCUT2D eigenvalue weighted by molar-refractivity contribution is 5.54. The zero-order valence-corrected chi connectivity index (χ0v) is 16.5. The van der Waals surface area contributed by atoms with Crippen LogP contribution in [0.2, 0.25) is 0 Å². The Balaban J connectivity index is 1.93. The minimum atomic E-state index is -0.0269. The molecule has 1 aliphatic rings. The Hall–Kier alpha value is -2.14. The van der Waals surface area contributed by atoms with Crippen molar-refractivity contribution in [1.82, 2.24) is 9.97 Å². The van der Waals surface area contributed by atoms with E-state index in [1.165, 1.54) is 11.1 Å². The number of aryl methyl sites for hydroxylation is 1. The number of anilines is 2. The van der Waals surface area contributed by atoms with Crippen molar-refractivity contribution in [3.63, 3.8) is 0 Å². The molecule has 0 radical (unpaired) electrons. The molecule has 5 heteroatoms. The van der Waals surface area contributed by atoms with E-state index in [0.717, 1.165) is 30.4 Å². The highest BCUT2D eigenvalue weighted by Gasteiger charge is 2.34. The molecule has 1 aromatic carbocycles. The molecule has 140 valence electrons. The lowest BCUT2D eigenvalue weighted by atomic mass is 9.85. The Kier molecular flexibility index (Phi) is 5.19. The summed E-state index contributed by atoms with van der Waals surface area (Å²) in [4.78, 5) is 11.6. The van der Waals surface area contributed by atoms with E-state index in [4.69, 9.17) is 4.98 Å². The Morgan fingerprint density at radius 3 is 2.54 bits per heavy atom. The third-order valence-corrected chi connectivity index (χ3v) is 5.24. The van der Waals surface area contributed by atoms with Crippen LogP contribution < -0.4 is 10.2 Å². The molecule has 1 aromatic heterocycles. The number of aliphatic hydroxyl groups is 1. The Morgan fingerprint density at radius 2 is 1.88 bits per heavy atom. The predicted octanol–water partition coefficient (Wildman–Crippen LogP) is 3.56. The van der Waals surface area contributed by atoms with Crippen molar-refractivity contribution >= 4 is 11.6 Å². The van der Waals surface area contributed by atoms with Crippen LogP contribution in [0.5, 0.6) is 0 Å². The van der Waals surface area contributed by atoms with Crippen molar-refractivity contribution in [1.29, 1.82) is 0 Å². The Bertz CT molecular complexity index is 772. The third-order valence-electron chi connectivity index (χ3n) is 5.24. The quantitative estimate of drug-likeness (QED) is 0.860. The van der Waals surface area contributed by atoms with Gasteiger partial charge in [-0.25, -0.2) is 9.97 Å². The van der Waals surface area contributed by atoms with E-state index < -0.39 is 0 Å². The molecule has 2 N–H and O–H groups in total. The third kappa shape index (κ3) is 3.83. The van der Waals surface area contributed by atoms with E-state index >= 15 is 0 Å². The van der Waals surface area contributed by atoms with Gasteiger partial charge in [-0.1, -0.05) is 38.1 Å². The number of fused-ring (bicyclic) bond motifs is 1. The lowest BCUT2D eigenvalue weighted by molar-refractivity contribution is 0.249. The number of nitrogens with one attached hydrogen (secondary N) is 1. The molecule has 1 aliphatic heterocycles. The standard InChI is InChI=1S/C21H30N4O/c1-14(2)18(13-26)24-19-10-20(23-15(3)22-19)25-12-17-9-7-6-8-16(17)11-21(25,4)5/h6-10,14,18,26H,11-13H2,1-5H3,(H,22,23,24)/t18-/m1/s1. The molecular weight excluding hydrogens is 324 g/mol. The first kappa shape index (κ1) is 18.6. The SMILES string of the molecule is Cc1nc(N[C@H](CO)C(C)C)cc(N2Cc3ccccc3CC2(C)C)n1. The van der Waals surface area contributed by atoms with Crippen LogP contribution in [0, 0.1) is 12.8 Å². The summed E-state index contributed by atoms with van der Waals surface area (Å²) in [7, 11) is 0. The number of aliphatic hydroxyl groups excluding tert-OH is 1. The van der Waals surface area contributed by atoms with Crippen molar-refractivity contribution in [2.45, 2.75) is 59.2 Å². The Morgan fingerprint density at radius 1 is 1.19 bits per heavy atom. The second kappa shape index (κ2) is 7.23. The van der Waals surface area contributed by atoms with Crippen molar-refractivity contribution in [3.8, 4) is 0 Å². The summed E-state index contributed by atoms with van der Waals surface area (Å²) in [6.45, 7) is 11.5. The summed E-state index contributed by atoms with van der Waals surface area (Å²) >= 11 is 0. The van der Waals surface area contributed by atoms with Crippen LogP contribution in [0.15, 0.2) is 30.3 Å².